The first-order chi connectivity index (χ1) is 7.73. The third-order valence-electron chi connectivity index (χ3n) is 5.57. The van der Waals surface area contributed by atoms with E-state index in [0.29, 0.717) is 17.9 Å². The first-order valence-electron chi connectivity index (χ1n) is 6.89. The minimum Gasteiger partial charge on any atom is -0.314 e. The second-order valence-corrected chi connectivity index (χ2v) is 6.51. The van der Waals surface area contributed by atoms with E-state index in [9.17, 15) is 0 Å². The molecular formula is C14H31N3. The summed E-state index contributed by atoms with van der Waals surface area (Å²) in [6, 6.07) is 0.379. The lowest BCUT2D eigenvalue weighted by atomic mass is 9.70. The minimum absolute atomic E-state index is 0.0902. The van der Waals surface area contributed by atoms with Crippen molar-refractivity contribution in [1.29, 1.82) is 0 Å². The van der Waals surface area contributed by atoms with Crippen molar-refractivity contribution in [2.24, 2.45) is 23.5 Å². The van der Waals surface area contributed by atoms with Crippen molar-refractivity contribution in [2.45, 2.75) is 58.8 Å². The summed E-state index contributed by atoms with van der Waals surface area (Å²) in [5, 5.41) is 3.39. The zero-order valence-electron chi connectivity index (χ0n) is 12.6. The molecular weight excluding hydrogens is 210 g/mol. The van der Waals surface area contributed by atoms with Gasteiger partial charge in [-0.2, -0.15) is 0 Å². The first kappa shape index (κ1) is 14.9. The normalized spacial score (nSPS) is 44.1. The molecule has 1 rings (SSSR count). The van der Waals surface area contributed by atoms with Crippen molar-refractivity contribution >= 4 is 0 Å². The molecule has 0 aromatic heterocycles. The number of likely N-dealkylation sites (N-methyl/N-ethyl adjacent to an activating group) is 2. The maximum absolute atomic E-state index is 6.41. The Balaban J connectivity index is 3.04. The van der Waals surface area contributed by atoms with E-state index in [1.165, 1.54) is 0 Å². The van der Waals surface area contributed by atoms with Gasteiger partial charge in [-0.25, -0.2) is 0 Å². The van der Waals surface area contributed by atoms with Gasteiger partial charge in [-0.15, -0.1) is 0 Å². The molecule has 1 aliphatic rings. The molecule has 0 spiro atoms. The highest BCUT2D eigenvalue weighted by Gasteiger charge is 2.42. The summed E-state index contributed by atoms with van der Waals surface area (Å²) < 4.78 is 0. The highest BCUT2D eigenvalue weighted by Crippen LogP contribution is 2.38. The van der Waals surface area contributed by atoms with Crippen LogP contribution in [0.4, 0.5) is 0 Å². The van der Waals surface area contributed by atoms with Gasteiger partial charge in [0.1, 0.15) is 0 Å². The molecule has 3 nitrogen and oxygen atoms in total. The SMILES string of the molecule is CNC1CC(C)C(C)C(C)C(C)(C)N(C)C1N. The van der Waals surface area contributed by atoms with Crippen LogP contribution in [0.15, 0.2) is 0 Å². The van der Waals surface area contributed by atoms with Gasteiger partial charge in [-0.1, -0.05) is 20.8 Å². The fourth-order valence-corrected chi connectivity index (χ4v) is 3.15. The van der Waals surface area contributed by atoms with E-state index in [1.807, 2.05) is 7.05 Å². The van der Waals surface area contributed by atoms with E-state index in [-0.39, 0.29) is 11.7 Å². The zero-order valence-corrected chi connectivity index (χ0v) is 12.6. The predicted molar refractivity (Wildman–Crippen MR) is 74.8 cm³/mol. The summed E-state index contributed by atoms with van der Waals surface area (Å²) in [4.78, 5) is 2.35. The van der Waals surface area contributed by atoms with Gasteiger partial charge in [0.2, 0.25) is 0 Å². The Hall–Kier alpha value is -0.120. The Morgan fingerprint density at radius 3 is 2.24 bits per heavy atom. The van der Waals surface area contributed by atoms with Gasteiger partial charge in [-0.3, -0.25) is 4.90 Å². The van der Waals surface area contributed by atoms with Crippen LogP contribution in [0.2, 0.25) is 0 Å². The molecule has 0 aliphatic carbocycles. The topological polar surface area (TPSA) is 41.3 Å². The van der Waals surface area contributed by atoms with Crippen molar-refractivity contribution in [3.63, 3.8) is 0 Å². The summed E-state index contributed by atoms with van der Waals surface area (Å²) in [5.41, 5.74) is 6.55. The van der Waals surface area contributed by atoms with Crippen LogP contribution < -0.4 is 11.1 Å². The van der Waals surface area contributed by atoms with Crippen molar-refractivity contribution < 1.29 is 0 Å². The number of nitrogens with two attached hydrogens (primary N) is 1. The van der Waals surface area contributed by atoms with E-state index < -0.39 is 0 Å². The molecule has 3 heteroatoms. The molecule has 0 aromatic carbocycles. The van der Waals surface area contributed by atoms with Crippen molar-refractivity contribution in [2.75, 3.05) is 14.1 Å². The highest BCUT2D eigenvalue weighted by atomic mass is 15.3. The second kappa shape index (κ2) is 5.25. The largest absolute Gasteiger partial charge is 0.314 e. The summed E-state index contributed by atoms with van der Waals surface area (Å²) in [6.07, 6.45) is 1.25. The molecule has 1 saturated heterocycles. The molecule has 0 amide bonds. The Morgan fingerprint density at radius 2 is 1.76 bits per heavy atom. The van der Waals surface area contributed by atoms with Crippen LogP contribution in [-0.2, 0) is 0 Å². The summed E-state index contributed by atoms with van der Waals surface area (Å²) >= 11 is 0. The van der Waals surface area contributed by atoms with E-state index in [1.54, 1.807) is 0 Å². The number of hydrogen-bond acceptors (Lipinski definition) is 3. The lowest BCUT2D eigenvalue weighted by Crippen LogP contribution is -2.64. The van der Waals surface area contributed by atoms with E-state index in [4.69, 9.17) is 5.73 Å². The smallest absolute Gasteiger partial charge is 0.0732 e. The van der Waals surface area contributed by atoms with E-state index in [2.05, 4.69) is 51.9 Å². The van der Waals surface area contributed by atoms with Crippen LogP contribution in [-0.4, -0.2) is 36.7 Å². The fraction of sp³-hybridized carbons (Fsp3) is 1.00. The van der Waals surface area contributed by atoms with Crippen LogP contribution in [0, 0.1) is 17.8 Å². The molecule has 0 aromatic rings. The summed E-state index contributed by atoms with van der Waals surface area (Å²) in [7, 11) is 4.18. The molecule has 1 aliphatic heterocycles. The molecule has 102 valence electrons. The zero-order chi connectivity index (χ0) is 13.4. The third-order valence-corrected chi connectivity index (χ3v) is 5.57. The standard InChI is InChI=1S/C14H31N3/c1-9-8-12(16-6)13(15)17(7)14(4,5)11(3)10(9)2/h9-13,16H,8,15H2,1-7H3. The second-order valence-electron chi connectivity index (χ2n) is 6.51. The van der Waals surface area contributed by atoms with Crippen molar-refractivity contribution in [3.05, 3.63) is 0 Å². The quantitative estimate of drug-likeness (QED) is 0.736. The number of likely N-dealkylation sites (tertiary alicyclic amines) is 1. The average Bonchev–Trinajstić information content (AvgIpc) is 2.30. The van der Waals surface area contributed by atoms with E-state index in [0.717, 1.165) is 12.3 Å². The molecule has 3 N–H and O–H groups in total. The maximum Gasteiger partial charge on any atom is 0.0732 e. The summed E-state index contributed by atoms with van der Waals surface area (Å²) in [6.45, 7) is 11.7. The van der Waals surface area contributed by atoms with Crippen LogP contribution in [0.3, 0.4) is 0 Å². The fourth-order valence-electron chi connectivity index (χ4n) is 3.15. The lowest BCUT2D eigenvalue weighted by Gasteiger charge is -2.51. The number of nitrogens with one attached hydrogen (secondary N) is 1. The molecule has 5 unspecified atom stereocenters. The Bertz CT molecular complexity index is 252. The Kier molecular flexibility index (Phi) is 4.61. The molecule has 0 radical (unpaired) electrons. The van der Waals surface area contributed by atoms with Gasteiger partial charge < -0.3 is 11.1 Å². The van der Waals surface area contributed by atoms with Gasteiger partial charge in [0.25, 0.3) is 0 Å². The van der Waals surface area contributed by atoms with Crippen LogP contribution in [0.5, 0.6) is 0 Å². The molecule has 1 heterocycles. The van der Waals surface area contributed by atoms with Gasteiger partial charge in [0.15, 0.2) is 0 Å². The van der Waals surface area contributed by atoms with Gasteiger partial charge in [-0.05, 0) is 52.1 Å². The van der Waals surface area contributed by atoms with Crippen molar-refractivity contribution in [1.82, 2.24) is 10.2 Å². The third kappa shape index (κ3) is 2.67. The van der Waals surface area contributed by atoms with Gasteiger partial charge in [0.05, 0.1) is 6.17 Å². The van der Waals surface area contributed by atoms with Gasteiger partial charge >= 0.3 is 0 Å². The number of hydrogen-bond donors (Lipinski definition) is 2. The Labute approximate surface area is 107 Å². The van der Waals surface area contributed by atoms with Crippen LogP contribution in [0.25, 0.3) is 0 Å². The van der Waals surface area contributed by atoms with E-state index >= 15 is 0 Å². The maximum atomic E-state index is 6.41. The lowest BCUT2D eigenvalue weighted by molar-refractivity contribution is -0.0137. The van der Waals surface area contributed by atoms with Gasteiger partial charge in [0, 0.05) is 11.6 Å². The minimum atomic E-state index is 0.0902. The molecule has 0 bridgehead atoms. The average molecular weight is 241 g/mol. The summed E-state index contributed by atoms with van der Waals surface area (Å²) in [5.74, 6) is 2.07. The number of nitrogens with zero attached hydrogens (tertiary/aromatic N) is 1. The Morgan fingerprint density at radius 1 is 1.24 bits per heavy atom. The monoisotopic (exact) mass is 241 g/mol. The predicted octanol–water partition coefficient (Wildman–Crippen LogP) is 1.88. The van der Waals surface area contributed by atoms with Crippen molar-refractivity contribution in [3.8, 4) is 0 Å². The molecule has 1 fully saturated rings. The number of rotatable bonds is 1. The molecule has 0 saturated carbocycles. The molecule has 5 atom stereocenters. The van der Waals surface area contributed by atoms with Crippen LogP contribution >= 0.6 is 0 Å². The molecule has 17 heavy (non-hydrogen) atoms. The highest BCUT2D eigenvalue weighted by molar-refractivity contribution is 4.96. The van der Waals surface area contributed by atoms with Crippen LogP contribution in [0.1, 0.15) is 41.0 Å². The first-order valence-corrected chi connectivity index (χ1v) is 6.89.